The molecule has 0 amide bonds. The minimum Gasteiger partial charge on any atom is -0.339 e. The highest BCUT2D eigenvalue weighted by molar-refractivity contribution is 6.30. The molecule has 2 aromatic carbocycles. The van der Waals surface area contributed by atoms with Crippen LogP contribution in [0.15, 0.2) is 48.7 Å². The SMILES string of the molecule is Cc1nnc2n1-c1ccc(-c3cnn(C)n3)cc1N(c1ccc(Cl)cc1)CC2C. The Hall–Kier alpha value is -3.19. The third kappa shape index (κ3) is 2.98. The van der Waals surface area contributed by atoms with Gasteiger partial charge in [0.25, 0.3) is 0 Å². The van der Waals surface area contributed by atoms with Crippen LogP contribution in [-0.2, 0) is 7.05 Å². The molecular weight excluding hydrogens is 386 g/mol. The summed E-state index contributed by atoms with van der Waals surface area (Å²) in [5.41, 5.74) is 5.05. The molecule has 1 aliphatic rings. The number of halogens is 1. The topological polar surface area (TPSA) is 64.7 Å². The molecule has 0 fully saturated rings. The lowest BCUT2D eigenvalue weighted by Crippen LogP contribution is -2.22. The average molecular weight is 406 g/mol. The summed E-state index contributed by atoms with van der Waals surface area (Å²) in [6.07, 6.45) is 1.78. The molecule has 0 saturated heterocycles. The molecule has 0 bridgehead atoms. The van der Waals surface area contributed by atoms with E-state index in [2.05, 4.69) is 55.0 Å². The van der Waals surface area contributed by atoms with Gasteiger partial charge in [0.15, 0.2) is 0 Å². The first-order chi connectivity index (χ1) is 14.0. The van der Waals surface area contributed by atoms with E-state index in [9.17, 15) is 0 Å². The third-order valence-electron chi connectivity index (χ3n) is 5.29. The number of nitrogens with zero attached hydrogens (tertiary/aromatic N) is 7. The highest BCUT2D eigenvalue weighted by Gasteiger charge is 2.28. The molecule has 1 aliphatic heterocycles. The number of aromatic nitrogens is 6. The molecule has 146 valence electrons. The van der Waals surface area contributed by atoms with Gasteiger partial charge in [-0.3, -0.25) is 4.57 Å². The van der Waals surface area contributed by atoms with Crippen molar-refractivity contribution in [3.8, 4) is 16.9 Å². The number of rotatable bonds is 2. The van der Waals surface area contributed by atoms with Crippen LogP contribution >= 0.6 is 11.6 Å². The van der Waals surface area contributed by atoms with Gasteiger partial charge in [0.05, 0.1) is 17.6 Å². The van der Waals surface area contributed by atoms with Gasteiger partial charge in [0, 0.05) is 35.8 Å². The fourth-order valence-corrected chi connectivity index (χ4v) is 4.01. The maximum Gasteiger partial charge on any atom is 0.142 e. The van der Waals surface area contributed by atoms with Crippen LogP contribution in [0.3, 0.4) is 0 Å². The predicted octanol–water partition coefficient (Wildman–Crippen LogP) is 4.28. The average Bonchev–Trinajstić information content (AvgIpc) is 3.29. The summed E-state index contributed by atoms with van der Waals surface area (Å²) in [6.45, 7) is 4.94. The molecule has 0 saturated carbocycles. The minimum atomic E-state index is 0.194. The summed E-state index contributed by atoms with van der Waals surface area (Å²) in [5, 5.41) is 18.2. The van der Waals surface area contributed by atoms with Crippen LogP contribution in [0.25, 0.3) is 16.9 Å². The van der Waals surface area contributed by atoms with Gasteiger partial charge in [-0.1, -0.05) is 24.6 Å². The Labute approximate surface area is 173 Å². The molecule has 0 N–H and O–H groups in total. The first-order valence-electron chi connectivity index (χ1n) is 9.47. The van der Waals surface area contributed by atoms with Crippen LogP contribution in [0.1, 0.15) is 24.5 Å². The van der Waals surface area contributed by atoms with Crippen LogP contribution in [0.4, 0.5) is 11.4 Å². The normalized spacial score (nSPS) is 15.7. The lowest BCUT2D eigenvalue weighted by molar-refractivity contribution is 0.655. The Morgan fingerprint density at radius 3 is 2.55 bits per heavy atom. The summed E-state index contributed by atoms with van der Waals surface area (Å²) in [4.78, 5) is 3.88. The molecule has 0 aliphatic carbocycles. The molecule has 2 aromatic heterocycles. The van der Waals surface area contributed by atoms with Crippen molar-refractivity contribution in [2.24, 2.45) is 7.05 Å². The fourth-order valence-electron chi connectivity index (χ4n) is 3.88. The van der Waals surface area contributed by atoms with Crippen molar-refractivity contribution in [1.29, 1.82) is 0 Å². The molecule has 7 nitrogen and oxygen atoms in total. The van der Waals surface area contributed by atoms with Crippen LogP contribution in [-0.4, -0.2) is 36.3 Å². The van der Waals surface area contributed by atoms with Gasteiger partial charge in [-0.2, -0.15) is 15.0 Å². The van der Waals surface area contributed by atoms with Crippen LogP contribution in [0.2, 0.25) is 5.02 Å². The van der Waals surface area contributed by atoms with Gasteiger partial charge in [0.1, 0.15) is 17.3 Å². The molecule has 5 rings (SSSR count). The van der Waals surface area contributed by atoms with Crippen LogP contribution in [0.5, 0.6) is 0 Å². The van der Waals surface area contributed by atoms with E-state index in [1.54, 1.807) is 11.0 Å². The predicted molar refractivity (Wildman–Crippen MR) is 113 cm³/mol. The summed E-state index contributed by atoms with van der Waals surface area (Å²) in [5.74, 6) is 2.03. The van der Waals surface area contributed by atoms with E-state index in [4.69, 9.17) is 11.6 Å². The van der Waals surface area contributed by atoms with E-state index < -0.39 is 0 Å². The maximum atomic E-state index is 6.14. The number of hydrogen-bond acceptors (Lipinski definition) is 5. The minimum absolute atomic E-state index is 0.194. The van der Waals surface area contributed by atoms with Gasteiger partial charge in [-0.05, 0) is 43.3 Å². The largest absolute Gasteiger partial charge is 0.339 e. The zero-order chi connectivity index (χ0) is 20.1. The Bertz CT molecular complexity index is 1190. The quantitative estimate of drug-likeness (QED) is 0.498. The molecule has 1 atom stereocenters. The highest BCUT2D eigenvalue weighted by atomic mass is 35.5. The maximum absolute atomic E-state index is 6.14. The summed E-state index contributed by atoms with van der Waals surface area (Å²) in [7, 11) is 1.82. The number of anilines is 2. The van der Waals surface area contributed by atoms with Gasteiger partial charge in [-0.25, -0.2) is 0 Å². The molecule has 0 radical (unpaired) electrons. The summed E-state index contributed by atoms with van der Waals surface area (Å²) < 4.78 is 2.15. The van der Waals surface area contributed by atoms with E-state index in [0.717, 1.165) is 51.5 Å². The Kier molecular flexibility index (Phi) is 4.13. The number of aryl methyl sites for hydroxylation is 2. The summed E-state index contributed by atoms with van der Waals surface area (Å²) in [6, 6.07) is 14.3. The van der Waals surface area contributed by atoms with Crippen molar-refractivity contribution >= 4 is 23.0 Å². The van der Waals surface area contributed by atoms with Gasteiger partial charge >= 0.3 is 0 Å². The Morgan fingerprint density at radius 2 is 1.83 bits per heavy atom. The monoisotopic (exact) mass is 405 g/mol. The molecule has 0 spiro atoms. The van der Waals surface area contributed by atoms with E-state index in [1.165, 1.54) is 0 Å². The van der Waals surface area contributed by atoms with Gasteiger partial charge in [0.2, 0.25) is 0 Å². The third-order valence-corrected chi connectivity index (χ3v) is 5.54. The Balaban J connectivity index is 1.74. The Morgan fingerprint density at radius 1 is 1.03 bits per heavy atom. The second-order valence-corrected chi connectivity index (χ2v) is 7.79. The van der Waals surface area contributed by atoms with Gasteiger partial charge < -0.3 is 4.90 Å². The first-order valence-corrected chi connectivity index (χ1v) is 9.85. The van der Waals surface area contributed by atoms with Gasteiger partial charge in [-0.15, -0.1) is 10.2 Å². The highest BCUT2D eigenvalue weighted by Crippen LogP contribution is 2.40. The summed E-state index contributed by atoms with van der Waals surface area (Å²) >= 11 is 6.14. The van der Waals surface area contributed by atoms with Crippen molar-refractivity contribution in [3.05, 3.63) is 65.3 Å². The smallest absolute Gasteiger partial charge is 0.142 e. The lowest BCUT2D eigenvalue weighted by atomic mass is 10.1. The molecule has 8 heteroatoms. The van der Waals surface area contributed by atoms with Crippen molar-refractivity contribution < 1.29 is 0 Å². The molecule has 4 aromatic rings. The van der Waals surface area contributed by atoms with Crippen molar-refractivity contribution in [2.75, 3.05) is 11.4 Å². The zero-order valence-corrected chi connectivity index (χ0v) is 17.2. The second-order valence-electron chi connectivity index (χ2n) is 7.35. The van der Waals surface area contributed by atoms with Crippen molar-refractivity contribution in [1.82, 2.24) is 29.8 Å². The molecule has 29 heavy (non-hydrogen) atoms. The second kappa shape index (κ2) is 6.70. The fraction of sp³-hybridized carbons (Fsp3) is 0.238. The van der Waals surface area contributed by atoms with E-state index in [0.29, 0.717) is 0 Å². The number of hydrogen-bond donors (Lipinski definition) is 0. The van der Waals surface area contributed by atoms with Crippen LogP contribution in [0, 0.1) is 6.92 Å². The van der Waals surface area contributed by atoms with E-state index >= 15 is 0 Å². The van der Waals surface area contributed by atoms with Crippen molar-refractivity contribution in [2.45, 2.75) is 19.8 Å². The van der Waals surface area contributed by atoms with E-state index in [1.807, 2.05) is 38.2 Å². The standard InChI is InChI=1S/C21H20ClN7/c1-13-12-28(17-7-5-16(22)6-8-17)20-10-15(18-11-23-27(3)26-18)4-9-19(20)29-14(2)24-25-21(13)29/h4-11,13H,12H2,1-3H3. The first kappa shape index (κ1) is 17.9. The van der Waals surface area contributed by atoms with Crippen LogP contribution < -0.4 is 4.90 Å². The number of fused-ring (bicyclic) bond motifs is 3. The molecule has 3 heterocycles. The molecular formula is C21H20ClN7. The van der Waals surface area contributed by atoms with E-state index in [-0.39, 0.29) is 5.92 Å². The lowest BCUT2D eigenvalue weighted by Gasteiger charge is -2.27. The van der Waals surface area contributed by atoms with Crippen molar-refractivity contribution in [3.63, 3.8) is 0 Å². The number of benzene rings is 2. The zero-order valence-electron chi connectivity index (χ0n) is 16.4. The molecule has 1 unspecified atom stereocenters.